The maximum absolute atomic E-state index is 5.92. The van der Waals surface area contributed by atoms with Crippen LogP contribution in [0.1, 0.15) is 26.3 Å². The highest BCUT2D eigenvalue weighted by Gasteiger charge is 2.22. The molecule has 0 aliphatic heterocycles. The fraction of sp³-hybridized carbons (Fsp3) is 0.500. The Bertz CT molecular complexity index is 249. The molecule has 13 heavy (non-hydrogen) atoms. The quantitative estimate of drug-likeness (QED) is 0.754. The molecule has 0 amide bonds. The van der Waals surface area contributed by atoms with Crippen LogP contribution in [0.3, 0.4) is 0 Å². The van der Waals surface area contributed by atoms with Crippen molar-refractivity contribution >= 4 is 0 Å². The van der Waals surface area contributed by atoms with Gasteiger partial charge in [0, 0.05) is 6.04 Å². The number of rotatable bonds is 3. The summed E-state index contributed by atoms with van der Waals surface area (Å²) in [5.41, 5.74) is 7.47. The molecule has 0 aliphatic rings. The summed E-state index contributed by atoms with van der Waals surface area (Å²) in [7, 11) is 0. The molecule has 0 aromatic heterocycles. The van der Waals surface area contributed by atoms with Crippen molar-refractivity contribution in [1.29, 1.82) is 0 Å². The Morgan fingerprint density at radius 1 is 1.23 bits per heavy atom. The Kier molecular flexibility index (Phi) is 3.10. The Labute approximate surface area is 81.0 Å². The van der Waals surface area contributed by atoms with Crippen LogP contribution in [0.4, 0.5) is 0 Å². The zero-order valence-corrected chi connectivity index (χ0v) is 8.75. The van der Waals surface area contributed by atoms with Gasteiger partial charge in [0.2, 0.25) is 0 Å². The van der Waals surface area contributed by atoms with Crippen molar-refractivity contribution in [3.63, 3.8) is 0 Å². The molecule has 1 atom stereocenters. The van der Waals surface area contributed by atoms with Crippen LogP contribution in [0, 0.1) is 5.41 Å². The molecule has 0 saturated carbocycles. The summed E-state index contributed by atoms with van der Waals surface area (Å²) in [4.78, 5) is 0. The van der Waals surface area contributed by atoms with E-state index >= 15 is 0 Å². The first-order chi connectivity index (χ1) is 6.02. The third kappa shape index (κ3) is 2.85. The maximum atomic E-state index is 5.92. The lowest BCUT2D eigenvalue weighted by atomic mass is 9.80. The molecule has 0 bridgehead atoms. The van der Waals surface area contributed by atoms with E-state index in [4.69, 9.17) is 5.73 Å². The SMILES string of the molecule is CC(N)C(C)(C)Cc1ccccc1. The van der Waals surface area contributed by atoms with Crippen molar-refractivity contribution in [3.05, 3.63) is 35.9 Å². The van der Waals surface area contributed by atoms with E-state index in [2.05, 4.69) is 45.0 Å². The third-order valence-corrected chi connectivity index (χ3v) is 2.74. The molecular weight excluding hydrogens is 158 g/mol. The smallest absolute Gasteiger partial charge is 0.00649 e. The van der Waals surface area contributed by atoms with Gasteiger partial charge in [-0.15, -0.1) is 0 Å². The van der Waals surface area contributed by atoms with Gasteiger partial charge in [0.15, 0.2) is 0 Å². The van der Waals surface area contributed by atoms with E-state index in [-0.39, 0.29) is 11.5 Å². The second-order valence-corrected chi connectivity index (χ2v) is 4.44. The zero-order valence-electron chi connectivity index (χ0n) is 8.75. The molecule has 1 rings (SSSR count). The van der Waals surface area contributed by atoms with Crippen LogP contribution in [0.15, 0.2) is 30.3 Å². The predicted octanol–water partition coefficient (Wildman–Crippen LogP) is 2.60. The summed E-state index contributed by atoms with van der Waals surface area (Å²) in [6.45, 7) is 6.50. The van der Waals surface area contributed by atoms with Crippen LogP contribution in [0.2, 0.25) is 0 Å². The second-order valence-electron chi connectivity index (χ2n) is 4.44. The highest BCUT2D eigenvalue weighted by Crippen LogP contribution is 2.24. The van der Waals surface area contributed by atoms with E-state index in [1.807, 2.05) is 6.07 Å². The van der Waals surface area contributed by atoms with Gasteiger partial charge in [-0.2, -0.15) is 0 Å². The molecule has 0 spiro atoms. The van der Waals surface area contributed by atoms with Crippen LogP contribution in [0.25, 0.3) is 0 Å². The summed E-state index contributed by atoms with van der Waals surface area (Å²) < 4.78 is 0. The van der Waals surface area contributed by atoms with Gasteiger partial charge in [-0.05, 0) is 24.3 Å². The van der Waals surface area contributed by atoms with Crippen molar-refractivity contribution < 1.29 is 0 Å². The van der Waals surface area contributed by atoms with Gasteiger partial charge in [0.1, 0.15) is 0 Å². The zero-order chi connectivity index (χ0) is 9.90. The molecule has 0 aliphatic carbocycles. The minimum absolute atomic E-state index is 0.182. The molecule has 2 N–H and O–H groups in total. The Balaban J connectivity index is 2.69. The fourth-order valence-electron chi connectivity index (χ4n) is 1.28. The minimum atomic E-state index is 0.182. The molecule has 0 fully saturated rings. The average molecular weight is 177 g/mol. The lowest BCUT2D eigenvalue weighted by molar-refractivity contribution is 0.299. The first-order valence-corrected chi connectivity index (χ1v) is 4.82. The van der Waals surface area contributed by atoms with Crippen LogP contribution in [-0.4, -0.2) is 6.04 Å². The summed E-state index contributed by atoms with van der Waals surface area (Å²) >= 11 is 0. The van der Waals surface area contributed by atoms with E-state index in [1.165, 1.54) is 5.56 Å². The fourth-order valence-corrected chi connectivity index (χ4v) is 1.28. The van der Waals surface area contributed by atoms with Gasteiger partial charge < -0.3 is 5.73 Å². The minimum Gasteiger partial charge on any atom is -0.327 e. The van der Waals surface area contributed by atoms with E-state index < -0.39 is 0 Å². The topological polar surface area (TPSA) is 26.0 Å². The van der Waals surface area contributed by atoms with Crippen molar-refractivity contribution in [2.24, 2.45) is 11.1 Å². The number of benzene rings is 1. The average Bonchev–Trinajstić information content (AvgIpc) is 2.05. The molecule has 0 radical (unpaired) electrons. The number of hydrogen-bond donors (Lipinski definition) is 1. The van der Waals surface area contributed by atoms with Crippen molar-refractivity contribution in [2.75, 3.05) is 0 Å². The Morgan fingerprint density at radius 2 is 1.77 bits per heavy atom. The summed E-state index contributed by atoms with van der Waals surface area (Å²) in [5, 5.41) is 0. The van der Waals surface area contributed by atoms with E-state index in [9.17, 15) is 0 Å². The number of hydrogen-bond acceptors (Lipinski definition) is 1. The molecule has 1 heteroatoms. The largest absolute Gasteiger partial charge is 0.327 e. The number of nitrogens with two attached hydrogens (primary N) is 1. The highest BCUT2D eigenvalue weighted by molar-refractivity contribution is 5.16. The first kappa shape index (κ1) is 10.3. The molecule has 1 unspecified atom stereocenters. The third-order valence-electron chi connectivity index (χ3n) is 2.74. The molecular formula is C12H19N. The van der Waals surface area contributed by atoms with Gasteiger partial charge in [-0.1, -0.05) is 44.2 Å². The van der Waals surface area contributed by atoms with Crippen LogP contribution >= 0.6 is 0 Å². The summed E-state index contributed by atoms with van der Waals surface area (Å²) in [5.74, 6) is 0. The Hall–Kier alpha value is -0.820. The van der Waals surface area contributed by atoms with Gasteiger partial charge >= 0.3 is 0 Å². The van der Waals surface area contributed by atoms with Gasteiger partial charge in [-0.3, -0.25) is 0 Å². The standard InChI is InChI=1S/C12H19N/c1-10(13)12(2,3)9-11-7-5-4-6-8-11/h4-8,10H,9,13H2,1-3H3. The van der Waals surface area contributed by atoms with Crippen LogP contribution in [0.5, 0.6) is 0 Å². The summed E-state index contributed by atoms with van der Waals surface area (Å²) in [6, 6.07) is 10.7. The van der Waals surface area contributed by atoms with Crippen molar-refractivity contribution in [3.8, 4) is 0 Å². The van der Waals surface area contributed by atoms with E-state index in [1.54, 1.807) is 0 Å². The van der Waals surface area contributed by atoms with E-state index in [0.29, 0.717) is 0 Å². The Morgan fingerprint density at radius 3 is 2.23 bits per heavy atom. The van der Waals surface area contributed by atoms with Gasteiger partial charge in [0.25, 0.3) is 0 Å². The summed E-state index contributed by atoms with van der Waals surface area (Å²) in [6.07, 6.45) is 1.05. The second kappa shape index (κ2) is 3.93. The maximum Gasteiger partial charge on any atom is 0.00649 e. The highest BCUT2D eigenvalue weighted by atomic mass is 14.7. The van der Waals surface area contributed by atoms with Gasteiger partial charge in [0.05, 0.1) is 0 Å². The normalized spacial score (nSPS) is 14.2. The van der Waals surface area contributed by atoms with Gasteiger partial charge in [-0.25, -0.2) is 0 Å². The van der Waals surface area contributed by atoms with Crippen molar-refractivity contribution in [1.82, 2.24) is 0 Å². The van der Waals surface area contributed by atoms with E-state index in [0.717, 1.165) is 6.42 Å². The van der Waals surface area contributed by atoms with Crippen LogP contribution < -0.4 is 5.73 Å². The molecule has 72 valence electrons. The lowest BCUT2D eigenvalue weighted by Crippen LogP contribution is -2.36. The van der Waals surface area contributed by atoms with Crippen molar-refractivity contribution in [2.45, 2.75) is 33.2 Å². The molecule has 0 heterocycles. The molecule has 1 aromatic carbocycles. The molecule has 0 saturated heterocycles. The lowest BCUT2D eigenvalue weighted by Gasteiger charge is -2.29. The monoisotopic (exact) mass is 177 g/mol. The predicted molar refractivity (Wildman–Crippen MR) is 57.6 cm³/mol. The van der Waals surface area contributed by atoms with Crippen LogP contribution in [-0.2, 0) is 6.42 Å². The molecule has 1 aromatic rings. The first-order valence-electron chi connectivity index (χ1n) is 4.82. The molecule has 1 nitrogen and oxygen atoms in total.